The molecule has 0 N–H and O–H groups in total. The van der Waals surface area contributed by atoms with Crippen molar-refractivity contribution in [2.45, 2.75) is 33.4 Å². The van der Waals surface area contributed by atoms with Gasteiger partial charge in [0, 0.05) is 26.2 Å². The molecule has 1 amide bonds. The average molecular weight is 342 g/mol. The zero-order valence-electron chi connectivity index (χ0n) is 15.2. The Hall–Kier alpha value is -2.27. The third-order valence-electron chi connectivity index (χ3n) is 4.50. The summed E-state index contributed by atoms with van der Waals surface area (Å²) in [7, 11) is 0. The highest BCUT2D eigenvalue weighted by Crippen LogP contribution is 2.18. The number of nitrogens with zero attached hydrogens (tertiary/aromatic N) is 2. The second-order valence-corrected chi connectivity index (χ2v) is 6.76. The van der Waals surface area contributed by atoms with E-state index in [0.29, 0.717) is 0 Å². The van der Waals surface area contributed by atoms with E-state index in [1.807, 2.05) is 49.9 Å². The Balaban J connectivity index is 1.51. The number of amides is 1. The van der Waals surface area contributed by atoms with Crippen LogP contribution in [0.5, 0.6) is 5.75 Å². The van der Waals surface area contributed by atoms with E-state index in [4.69, 9.17) is 9.15 Å². The van der Waals surface area contributed by atoms with Gasteiger partial charge in [-0.1, -0.05) is 6.07 Å². The molecule has 25 heavy (non-hydrogen) atoms. The molecule has 5 nitrogen and oxygen atoms in total. The fourth-order valence-electron chi connectivity index (χ4n) is 3.26. The lowest BCUT2D eigenvalue weighted by atomic mass is 10.1. The van der Waals surface area contributed by atoms with Crippen molar-refractivity contribution in [3.05, 3.63) is 53.5 Å². The molecule has 1 aromatic heterocycles. The summed E-state index contributed by atoms with van der Waals surface area (Å²) in [6, 6.07) is 9.92. The molecule has 1 fully saturated rings. The topological polar surface area (TPSA) is 45.9 Å². The molecule has 2 aromatic rings. The predicted octanol–water partition coefficient (Wildman–Crippen LogP) is 3.01. The van der Waals surface area contributed by atoms with Crippen molar-refractivity contribution in [1.82, 2.24) is 9.80 Å². The Morgan fingerprint density at radius 1 is 1.16 bits per heavy atom. The molecule has 1 aliphatic heterocycles. The molecule has 0 saturated carbocycles. The number of carbonyl (C=O) groups is 1. The first kappa shape index (κ1) is 17.5. The zero-order valence-corrected chi connectivity index (χ0v) is 15.2. The number of carbonyl (C=O) groups excluding carboxylic acids is 1. The van der Waals surface area contributed by atoms with E-state index in [1.165, 1.54) is 0 Å². The Kier molecular flexibility index (Phi) is 5.43. The molecule has 1 atom stereocenters. The van der Waals surface area contributed by atoms with Gasteiger partial charge in [0.2, 0.25) is 0 Å². The predicted molar refractivity (Wildman–Crippen MR) is 96.6 cm³/mol. The third kappa shape index (κ3) is 4.63. The molecular formula is C20H26N2O3. The molecule has 2 heterocycles. The highest BCUT2D eigenvalue weighted by atomic mass is 16.5. The number of furan rings is 1. The van der Waals surface area contributed by atoms with Crippen LogP contribution in [0.1, 0.15) is 23.8 Å². The Labute approximate surface area is 149 Å². The van der Waals surface area contributed by atoms with Gasteiger partial charge in [-0.05, 0) is 56.2 Å². The van der Waals surface area contributed by atoms with Crippen LogP contribution in [-0.2, 0) is 11.3 Å². The Morgan fingerprint density at radius 3 is 2.44 bits per heavy atom. The van der Waals surface area contributed by atoms with Crippen LogP contribution in [0.3, 0.4) is 0 Å². The van der Waals surface area contributed by atoms with Gasteiger partial charge >= 0.3 is 0 Å². The van der Waals surface area contributed by atoms with Gasteiger partial charge in [-0.2, -0.15) is 0 Å². The Morgan fingerprint density at radius 2 is 1.84 bits per heavy atom. The summed E-state index contributed by atoms with van der Waals surface area (Å²) in [5.41, 5.74) is 2.28. The number of hydrogen-bond donors (Lipinski definition) is 0. The maximum Gasteiger partial charge on any atom is 0.263 e. The monoisotopic (exact) mass is 342 g/mol. The van der Waals surface area contributed by atoms with Gasteiger partial charge in [0.1, 0.15) is 11.5 Å². The molecular weight excluding hydrogens is 316 g/mol. The largest absolute Gasteiger partial charge is 0.481 e. The molecule has 1 saturated heterocycles. The standard InChI is InChI=1S/C20H26N2O3/c1-15-11-16(2)13-19(12-15)25-17(3)20(23)22-8-6-21(7-9-22)14-18-5-4-10-24-18/h4-5,10-13,17H,6-9,14H2,1-3H3/t17-/m0/s1. The summed E-state index contributed by atoms with van der Waals surface area (Å²) in [6.45, 7) is 9.83. The lowest BCUT2D eigenvalue weighted by Gasteiger charge is -2.35. The average Bonchev–Trinajstić information content (AvgIpc) is 3.07. The number of benzene rings is 1. The molecule has 0 unspecified atom stereocenters. The van der Waals surface area contributed by atoms with Crippen LogP contribution in [-0.4, -0.2) is 48.0 Å². The first-order valence-electron chi connectivity index (χ1n) is 8.80. The fraction of sp³-hybridized carbons (Fsp3) is 0.450. The van der Waals surface area contributed by atoms with Crippen LogP contribution in [0.15, 0.2) is 41.0 Å². The molecule has 0 spiro atoms. The number of ether oxygens (including phenoxy) is 1. The summed E-state index contributed by atoms with van der Waals surface area (Å²) in [6.07, 6.45) is 1.22. The summed E-state index contributed by atoms with van der Waals surface area (Å²) < 4.78 is 11.3. The van der Waals surface area contributed by atoms with Crippen LogP contribution in [0.25, 0.3) is 0 Å². The molecule has 3 rings (SSSR count). The summed E-state index contributed by atoms with van der Waals surface area (Å²) in [4.78, 5) is 16.9. The molecule has 1 aromatic carbocycles. The van der Waals surface area contributed by atoms with E-state index in [-0.39, 0.29) is 5.91 Å². The Bertz CT molecular complexity index is 683. The molecule has 0 aliphatic carbocycles. The van der Waals surface area contributed by atoms with Crippen molar-refractivity contribution < 1.29 is 13.9 Å². The van der Waals surface area contributed by atoms with Crippen LogP contribution >= 0.6 is 0 Å². The first-order chi connectivity index (χ1) is 12.0. The quantitative estimate of drug-likeness (QED) is 0.838. The van der Waals surface area contributed by atoms with Crippen molar-refractivity contribution in [1.29, 1.82) is 0 Å². The van der Waals surface area contributed by atoms with Crippen LogP contribution in [0.4, 0.5) is 0 Å². The van der Waals surface area contributed by atoms with Crippen molar-refractivity contribution in [3.8, 4) is 5.75 Å². The van der Waals surface area contributed by atoms with E-state index in [1.54, 1.807) is 6.26 Å². The molecule has 1 aliphatic rings. The highest BCUT2D eigenvalue weighted by Gasteiger charge is 2.26. The van der Waals surface area contributed by atoms with E-state index in [0.717, 1.165) is 55.4 Å². The fourth-order valence-corrected chi connectivity index (χ4v) is 3.26. The van der Waals surface area contributed by atoms with Crippen LogP contribution in [0.2, 0.25) is 0 Å². The van der Waals surface area contributed by atoms with Gasteiger partial charge in [-0.15, -0.1) is 0 Å². The molecule has 5 heteroatoms. The second-order valence-electron chi connectivity index (χ2n) is 6.76. The third-order valence-corrected chi connectivity index (χ3v) is 4.50. The van der Waals surface area contributed by atoms with Gasteiger partial charge in [-0.25, -0.2) is 0 Å². The van der Waals surface area contributed by atoms with E-state index in [9.17, 15) is 4.79 Å². The van der Waals surface area contributed by atoms with Crippen molar-refractivity contribution in [2.75, 3.05) is 26.2 Å². The minimum absolute atomic E-state index is 0.0526. The maximum atomic E-state index is 12.7. The SMILES string of the molecule is Cc1cc(C)cc(O[C@@H](C)C(=O)N2CCN(Cc3ccco3)CC2)c1. The lowest BCUT2D eigenvalue weighted by Crippen LogP contribution is -2.51. The van der Waals surface area contributed by atoms with E-state index in [2.05, 4.69) is 11.0 Å². The van der Waals surface area contributed by atoms with Crippen LogP contribution < -0.4 is 4.74 Å². The number of piperazine rings is 1. The zero-order chi connectivity index (χ0) is 17.8. The second kappa shape index (κ2) is 7.74. The number of rotatable bonds is 5. The minimum Gasteiger partial charge on any atom is -0.481 e. The normalized spacial score (nSPS) is 16.7. The van der Waals surface area contributed by atoms with Crippen LogP contribution in [0, 0.1) is 13.8 Å². The summed E-state index contributed by atoms with van der Waals surface area (Å²) >= 11 is 0. The highest BCUT2D eigenvalue weighted by molar-refractivity contribution is 5.81. The molecule has 0 bridgehead atoms. The molecule has 134 valence electrons. The smallest absolute Gasteiger partial charge is 0.263 e. The van der Waals surface area contributed by atoms with Crippen molar-refractivity contribution in [2.24, 2.45) is 0 Å². The van der Waals surface area contributed by atoms with Crippen molar-refractivity contribution >= 4 is 5.91 Å². The number of hydrogen-bond acceptors (Lipinski definition) is 4. The van der Waals surface area contributed by atoms with Gasteiger partial charge in [0.05, 0.1) is 12.8 Å². The molecule has 0 radical (unpaired) electrons. The van der Waals surface area contributed by atoms with E-state index >= 15 is 0 Å². The summed E-state index contributed by atoms with van der Waals surface area (Å²) in [5, 5.41) is 0. The minimum atomic E-state index is -0.474. The van der Waals surface area contributed by atoms with Gasteiger partial charge in [-0.3, -0.25) is 9.69 Å². The van der Waals surface area contributed by atoms with Gasteiger partial charge < -0.3 is 14.1 Å². The summed E-state index contributed by atoms with van der Waals surface area (Å²) in [5.74, 6) is 1.78. The number of aryl methyl sites for hydroxylation is 2. The van der Waals surface area contributed by atoms with Gasteiger partial charge in [0.25, 0.3) is 5.91 Å². The first-order valence-corrected chi connectivity index (χ1v) is 8.80. The van der Waals surface area contributed by atoms with Gasteiger partial charge in [0.15, 0.2) is 6.10 Å². The van der Waals surface area contributed by atoms with E-state index < -0.39 is 6.10 Å². The van der Waals surface area contributed by atoms with Crippen molar-refractivity contribution in [3.63, 3.8) is 0 Å². The lowest BCUT2D eigenvalue weighted by molar-refractivity contribution is -0.139. The maximum absolute atomic E-state index is 12.7.